The van der Waals surface area contributed by atoms with Crippen LogP contribution in [0.5, 0.6) is 5.75 Å². The number of hydrogen-bond acceptors (Lipinski definition) is 14. The van der Waals surface area contributed by atoms with Crippen molar-refractivity contribution in [2.24, 2.45) is 0 Å². The van der Waals surface area contributed by atoms with Crippen LogP contribution in [0.1, 0.15) is 5.56 Å². The Bertz CT molecular complexity index is 5700. The molecule has 0 bridgehead atoms. The Labute approximate surface area is 689 Å². The van der Waals surface area contributed by atoms with Crippen molar-refractivity contribution >= 4 is 125 Å². The lowest BCUT2D eigenvalue weighted by atomic mass is 10.1. The predicted octanol–water partition coefficient (Wildman–Crippen LogP) is 27.4. The number of hydrogen-bond donors (Lipinski definition) is 0. The molecule has 0 aromatic heterocycles. The number of nitrogens with zero attached hydrogens (tertiary/aromatic N) is 11. The molecule has 0 saturated heterocycles. The molecule has 0 radical (unpaired) electrons. The van der Waals surface area contributed by atoms with E-state index in [9.17, 15) is 20.2 Å². The van der Waals surface area contributed by atoms with E-state index >= 15 is 0 Å². The van der Waals surface area contributed by atoms with Crippen LogP contribution in [0.15, 0.2) is 437 Å². The van der Waals surface area contributed by atoms with Crippen LogP contribution < -0.4 is 43.9 Å². The second-order valence-electron chi connectivity index (χ2n) is 27.2. The summed E-state index contributed by atoms with van der Waals surface area (Å²) in [4.78, 5) is 38.3. The SMILES string of the molecule is CN(c1ccc(C#N)cc1)c1ccc(N(c2ccccc2)c2ccccc2)cc1.CN(c1ccc(N(c2ccccc2)c2ccccc2)cc1)c1ccc([N+](=O)[O-])cc1.CN(c1ccc(N(c2ccccc2)c2ccccc2)cc1)c1cccc([N+](=O)[O-])c1.COc1cccc(N(C)c2ccc(N(c3ccccc3)c3ccccc3)cc2)c1. The minimum atomic E-state index is -0.389. The summed E-state index contributed by atoms with van der Waals surface area (Å²) in [5.41, 5.74) is 21.8. The van der Waals surface area contributed by atoms with E-state index < -0.39 is 0 Å². The van der Waals surface area contributed by atoms with Crippen LogP contribution in [0.4, 0.5) is 125 Å². The molecule has 16 heteroatoms. The maximum Gasteiger partial charge on any atom is 0.271 e. The highest BCUT2D eigenvalue weighted by Crippen LogP contribution is 2.42. The molecule has 0 fully saturated rings. The van der Waals surface area contributed by atoms with Crippen molar-refractivity contribution in [1.82, 2.24) is 0 Å². The van der Waals surface area contributed by atoms with E-state index in [1.54, 1.807) is 31.4 Å². The van der Waals surface area contributed by atoms with E-state index in [0.717, 1.165) is 119 Å². The van der Waals surface area contributed by atoms with Gasteiger partial charge >= 0.3 is 0 Å². The Morgan fingerprint density at radius 3 is 0.661 bits per heavy atom. The number of nitriles is 1. The lowest BCUT2D eigenvalue weighted by Crippen LogP contribution is -2.12. The van der Waals surface area contributed by atoms with E-state index in [1.165, 1.54) is 18.2 Å². The molecule has 16 nitrogen and oxygen atoms in total. The highest BCUT2D eigenvalue weighted by molar-refractivity contribution is 5.83. The number of nitro benzene ring substituents is 2. The standard InChI is InChI=1S/C26H21N3.C26H24N2O.2C25H21N3O2/c1-28(22-14-12-21(20-27)13-15-22)23-16-18-26(19-17-23)29(24-8-4-2-5-9-24)25-10-6-3-7-11-25;1-27(25-14-9-15-26(20-25)29-2)21-16-18-24(19-17-21)28(22-10-5-3-6-11-22)23-12-7-4-8-13-23;1-26(24-13-8-14-25(19-24)28(29)30)20-15-17-23(18-16-20)27(21-9-4-2-5-10-21)22-11-6-3-7-12-22;1-26(21-14-18-25(19-15-21)28(29)30)20-12-16-24(17-13-20)27(22-8-4-2-5-9-22)23-10-6-3-7-11-23/h2-19H,1H3;3-20H,1-2H3;2*2-19H,1H3. The Hall–Kier alpha value is -16.0. The molecule has 0 aliphatic heterocycles. The first-order valence-electron chi connectivity index (χ1n) is 38.4. The number of ether oxygens (including phenoxy) is 1. The summed E-state index contributed by atoms with van der Waals surface area (Å²) in [6, 6.07) is 147. The second kappa shape index (κ2) is 39.5. The van der Waals surface area contributed by atoms with Crippen molar-refractivity contribution in [2.75, 3.05) is 74.5 Å². The zero-order valence-electron chi connectivity index (χ0n) is 66.0. The van der Waals surface area contributed by atoms with Gasteiger partial charge in [0, 0.05) is 172 Å². The molecule has 0 aliphatic rings. The van der Waals surface area contributed by atoms with Crippen LogP contribution in [0, 0.1) is 31.6 Å². The van der Waals surface area contributed by atoms with Crippen molar-refractivity contribution in [3.05, 3.63) is 463 Å². The largest absolute Gasteiger partial charge is 0.497 e. The van der Waals surface area contributed by atoms with Gasteiger partial charge in [-0.3, -0.25) is 20.2 Å². The van der Waals surface area contributed by atoms with Crippen LogP contribution in [0.3, 0.4) is 0 Å². The average Bonchev–Trinajstić information content (AvgIpc) is 0.817. The highest BCUT2D eigenvalue weighted by Gasteiger charge is 2.20. The van der Waals surface area contributed by atoms with Crippen LogP contribution in [0.25, 0.3) is 0 Å². The Balaban J connectivity index is 0.000000136. The van der Waals surface area contributed by atoms with Crippen molar-refractivity contribution in [3.8, 4) is 11.8 Å². The molecular formula is C102H87N11O5. The van der Waals surface area contributed by atoms with Crippen molar-refractivity contribution in [2.45, 2.75) is 0 Å². The van der Waals surface area contributed by atoms with Crippen LogP contribution in [0.2, 0.25) is 0 Å². The number of nitro groups is 2. The molecule has 16 aromatic carbocycles. The van der Waals surface area contributed by atoms with Gasteiger partial charge in [0.2, 0.25) is 0 Å². The monoisotopic (exact) mass is 1550 g/mol. The second-order valence-corrected chi connectivity index (χ2v) is 27.2. The molecule has 0 amide bonds. The average molecular weight is 1550 g/mol. The molecule has 0 N–H and O–H groups in total. The van der Waals surface area contributed by atoms with E-state index in [0.29, 0.717) is 5.56 Å². The maximum absolute atomic E-state index is 11.1. The summed E-state index contributed by atoms with van der Waals surface area (Å²) in [6.45, 7) is 0. The first-order chi connectivity index (χ1) is 57.8. The normalized spacial score (nSPS) is 10.4. The number of rotatable bonds is 23. The Morgan fingerprint density at radius 1 is 0.229 bits per heavy atom. The van der Waals surface area contributed by atoms with E-state index in [1.807, 2.05) is 189 Å². The lowest BCUT2D eigenvalue weighted by molar-refractivity contribution is -0.385. The Morgan fingerprint density at radius 2 is 0.424 bits per heavy atom. The molecule has 0 saturated carbocycles. The van der Waals surface area contributed by atoms with Crippen LogP contribution >= 0.6 is 0 Å². The fourth-order valence-electron chi connectivity index (χ4n) is 13.5. The third-order valence-corrected chi connectivity index (χ3v) is 19.8. The zero-order chi connectivity index (χ0) is 82.0. The third-order valence-electron chi connectivity index (χ3n) is 19.8. The fourth-order valence-corrected chi connectivity index (χ4v) is 13.5. The first-order valence-corrected chi connectivity index (χ1v) is 38.4. The van der Waals surface area contributed by atoms with Crippen molar-refractivity contribution < 1.29 is 14.6 Å². The minimum absolute atomic E-state index is 0.0790. The molecule has 0 atom stereocenters. The van der Waals surface area contributed by atoms with Gasteiger partial charge in [-0.05, 0) is 249 Å². The van der Waals surface area contributed by atoms with Gasteiger partial charge in [-0.2, -0.15) is 5.26 Å². The van der Waals surface area contributed by atoms with Gasteiger partial charge in [-0.1, -0.05) is 158 Å². The summed E-state index contributed by atoms with van der Waals surface area (Å²) in [6.07, 6.45) is 0. The third kappa shape index (κ3) is 20.3. The quantitative estimate of drug-likeness (QED) is 0.0442. The number of benzene rings is 16. The Kier molecular flexibility index (Phi) is 26.8. The van der Waals surface area contributed by atoms with Crippen LogP contribution in [-0.2, 0) is 0 Å². The molecular weight excluding hydrogens is 1460 g/mol. The summed E-state index contributed by atoms with van der Waals surface area (Å²) < 4.78 is 5.36. The molecule has 0 unspecified atom stereocenters. The molecule has 118 heavy (non-hydrogen) atoms. The summed E-state index contributed by atoms with van der Waals surface area (Å²) >= 11 is 0. The molecule has 16 rings (SSSR count). The number of non-ortho nitro benzene ring substituents is 2. The summed E-state index contributed by atoms with van der Waals surface area (Å²) in [5, 5.41) is 30.9. The van der Waals surface area contributed by atoms with Crippen molar-refractivity contribution in [3.63, 3.8) is 0 Å². The zero-order valence-corrected chi connectivity index (χ0v) is 66.0. The number of para-hydroxylation sites is 8. The van der Waals surface area contributed by atoms with E-state index in [-0.39, 0.29) is 21.2 Å². The van der Waals surface area contributed by atoms with E-state index in [4.69, 9.17) is 10.00 Å². The van der Waals surface area contributed by atoms with Gasteiger partial charge < -0.3 is 43.9 Å². The molecule has 0 aliphatic carbocycles. The van der Waals surface area contributed by atoms with Gasteiger partial charge in [0.25, 0.3) is 11.4 Å². The number of anilines is 20. The predicted molar refractivity (Wildman–Crippen MR) is 487 cm³/mol. The first kappa shape index (κ1) is 80.1. The fraction of sp³-hybridized carbons (Fsp3) is 0.0490. The van der Waals surface area contributed by atoms with Gasteiger partial charge in [0.05, 0.1) is 28.6 Å². The molecule has 0 spiro atoms. The van der Waals surface area contributed by atoms with Crippen molar-refractivity contribution in [1.29, 1.82) is 5.26 Å². The molecule has 0 heterocycles. The topological polar surface area (TPSA) is 145 Å². The number of methoxy groups -OCH3 is 1. The summed E-state index contributed by atoms with van der Waals surface area (Å²) in [5.74, 6) is 0.852. The maximum atomic E-state index is 11.1. The lowest BCUT2D eigenvalue weighted by Gasteiger charge is -2.26. The van der Waals surface area contributed by atoms with Gasteiger partial charge in [-0.15, -0.1) is 0 Å². The molecule has 16 aromatic rings. The minimum Gasteiger partial charge on any atom is -0.497 e. The van der Waals surface area contributed by atoms with Gasteiger partial charge in [-0.25, -0.2) is 0 Å². The van der Waals surface area contributed by atoms with Gasteiger partial charge in [0.15, 0.2) is 0 Å². The van der Waals surface area contributed by atoms with E-state index in [2.05, 4.69) is 279 Å². The molecule has 580 valence electrons. The summed E-state index contributed by atoms with van der Waals surface area (Å²) in [7, 11) is 9.64. The van der Waals surface area contributed by atoms with Crippen LogP contribution in [-0.4, -0.2) is 45.1 Å². The highest BCUT2D eigenvalue weighted by atomic mass is 16.6. The van der Waals surface area contributed by atoms with Gasteiger partial charge in [0.1, 0.15) is 5.75 Å². The smallest absolute Gasteiger partial charge is 0.271 e.